The number of carbonyl (C=O) groups excluding carboxylic acids is 3. The number of amides is 2. The van der Waals surface area contributed by atoms with Gasteiger partial charge in [-0.15, -0.1) is 12.8 Å². The van der Waals surface area contributed by atoms with Gasteiger partial charge in [0.25, 0.3) is 9.05 Å². The highest BCUT2D eigenvalue weighted by atomic mass is 35.7. The molecule has 5 aromatic carbocycles. The number of pyridine rings is 1. The van der Waals surface area contributed by atoms with E-state index in [1.165, 1.54) is 96.6 Å². The number of aliphatic hydroxyl groups excluding tert-OH is 1. The maximum atomic E-state index is 13.5. The molecule has 27 nitrogen and oxygen atoms in total. The molecular weight excluding hydrogens is 1840 g/mol. The Kier molecular flexibility index (Phi) is 45.5. The van der Waals surface area contributed by atoms with Crippen molar-refractivity contribution in [3.8, 4) is 24.3 Å². The average molecular weight is 1960 g/mol. The Labute approximate surface area is 758 Å². The van der Waals surface area contributed by atoms with Crippen LogP contribution in [0.5, 0.6) is 11.5 Å². The fourth-order valence-electron chi connectivity index (χ4n) is 13.7. The number of halogens is 15. The highest BCUT2D eigenvalue weighted by Crippen LogP contribution is 2.44. The van der Waals surface area contributed by atoms with E-state index < -0.39 is 126 Å². The van der Waals surface area contributed by atoms with Gasteiger partial charge in [0.15, 0.2) is 0 Å². The summed E-state index contributed by atoms with van der Waals surface area (Å²) in [7, 11) is 0.0184. The molecule has 7 heterocycles. The minimum Gasteiger partial charge on any atom is -0.497 e. The molecule has 6 aromatic rings. The van der Waals surface area contributed by atoms with Crippen LogP contribution in [-0.4, -0.2) is 257 Å². The number of alkyl halides is 9. The zero-order chi connectivity index (χ0) is 98.6. The Hall–Kier alpha value is -9.43. The van der Waals surface area contributed by atoms with E-state index in [0.717, 1.165) is 71.4 Å². The standard InChI is InChI=1S/C18H12F8O5.C18H23F3N2O5S.C14H20N2O2S.C13H24N2O2.C7H10N2.C6H5ClO2S.C6H15N.C2HF3O2.C2H2/c1-28-9-4-2-8(3-5-9)6-29-7-10(18(24,25)26)30-17(27)31-16-14(22)12(20)11(19)13(21)15(16)23;19-18(20,21)15(12-24)28-16(25)22-9-6-17(7-10-22)8-11-23(13-17)29(26,27)14-4-2-1-3-5-14;17-19(18,13-4-2-1-3-5-13)16-11-8-14(12-16)6-9-15-10-7-14;1-12(2,3)17-11(16)15-8-5-13(6-9-15)4-7-14-10-13;1-9(2)7-3-5-8-6-4-7;7-10(8,9)6-4-2-1-3-5-6;1-4-7(5-2)6-3;3-2(4,5)1(6)7;1-2/h2-5,10H,6-7H2,1H3;1-5,15,24H,6-13H2;1-5,15H,6-12H2;14H,4-10H2,1-3H3;3-6H,1-2H3;1-5H;4-6H2,1-3H3;(H,6,7);1-2H/t10-;15-;;;;;;;/m11......./s1. The molecule has 1 aromatic heterocycles. The fourth-order valence-corrected chi connectivity index (χ4v) is 17.7. The number of benzene rings is 5. The predicted molar refractivity (Wildman–Crippen MR) is 459 cm³/mol. The van der Waals surface area contributed by atoms with E-state index in [0.29, 0.717) is 67.1 Å². The highest BCUT2D eigenvalue weighted by molar-refractivity contribution is 8.13. The van der Waals surface area contributed by atoms with Crippen molar-refractivity contribution in [2.45, 2.75) is 157 Å². The number of ether oxygens (including phenoxy) is 6. The summed E-state index contributed by atoms with van der Waals surface area (Å²) < 4.78 is 277. The minimum absolute atomic E-state index is 0.136. The van der Waals surface area contributed by atoms with E-state index in [2.05, 4.69) is 68.3 Å². The first kappa shape index (κ1) is 114. The number of hydrogen-bond acceptors (Lipinski definition) is 22. The lowest BCUT2D eigenvalue weighted by molar-refractivity contribution is -0.221. The molecule has 0 radical (unpaired) electrons. The van der Waals surface area contributed by atoms with Crippen LogP contribution in [0.15, 0.2) is 154 Å². The molecule has 45 heteroatoms. The monoisotopic (exact) mass is 1960 g/mol. The maximum absolute atomic E-state index is 13.5. The molecule has 0 bridgehead atoms. The molecule has 6 aliphatic heterocycles. The van der Waals surface area contributed by atoms with Gasteiger partial charge in [0, 0.05) is 102 Å². The number of piperidine rings is 3. The molecule has 6 fully saturated rings. The first-order valence-corrected chi connectivity index (χ1v) is 46.2. The van der Waals surface area contributed by atoms with E-state index in [9.17, 15) is 101 Å². The second-order valence-electron chi connectivity index (χ2n) is 31.6. The molecule has 3 spiro atoms. The van der Waals surface area contributed by atoms with Crippen LogP contribution in [0.4, 0.5) is 81.5 Å². The topological polar surface area (TPSA) is 323 Å². The van der Waals surface area contributed by atoms with Gasteiger partial charge in [0.2, 0.25) is 67.1 Å². The average Bonchev–Trinajstić information content (AvgIpc) is 1.60. The Morgan fingerprint density at radius 1 is 0.542 bits per heavy atom. The number of aliphatic hydroxyl groups is 1. The molecule has 131 heavy (non-hydrogen) atoms. The summed E-state index contributed by atoms with van der Waals surface area (Å²) in [5.74, 6) is -17.0. The Balaban J connectivity index is 0.000000330. The number of rotatable bonds is 18. The molecule has 0 unspecified atom stereocenters. The molecule has 4 N–H and O–H groups in total. The summed E-state index contributed by atoms with van der Waals surface area (Å²) >= 11 is 0. The van der Waals surface area contributed by atoms with Crippen LogP contribution in [0.2, 0.25) is 0 Å². The molecule has 6 aliphatic rings. The number of terminal acetylenes is 1. The van der Waals surface area contributed by atoms with Gasteiger partial charge in [-0.1, -0.05) is 87.5 Å². The van der Waals surface area contributed by atoms with Crippen molar-refractivity contribution in [1.82, 2.24) is 38.9 Å². The number of carboxylic acid groups (broad SMARTS) is 1. The largest absolute Gasteiger partial charge is 0.514 e. The zero-order valence-corrected chi connectivity index (χ0v) is 76.8. The van der Waals surface area contributed by atoms with Gasteiger partial charge >= 0.3 is 42.8 Å². The predicted octanol–water partition coefficient (Wildman–Crippen LogP) is 15.7. The summed E-state index contributed by atoms with van der Waals surface area (Å²) in [6, 6.07) is 34.7. The van der Waals surface area contributed by atoms with Crippen LogP contribution < -0.4 is 25.0 Å². The maximum Gasteiger partial charge on any atom is 0.514 e. The third-order valence-electron chi connectivity index (χ3n) is 21.3. The summed E-state index contributed by atoms with van der Waals surface area (Å²) in [5.41, 5.74) is 1.60. The van der Waals surface area contributed by atoms with E-state index in [-0.39, 0.29) is 52.0 Å². The summed E-state index contributed by atoms with van der Waals surface area (Å²) in [6.07, 6.45) is -4.46. The lowest BCUT2D eigenvalue weighted by atomic mass is 9.78. The van der Waals surface area contributed by atoms with Crippen molar-refractivity contribution < 1.29 is 145 Å². The summed E-state index contributed by atoms with van der Waals surface area (Å²) in [4.78, 5) is 56.4. The van der Waals surface area contributed by atoms with E-state index in [1.54, 1.807) is 77.4 Å². The second kappa shape index (κ2) is 52.3. The van der Waals surface area contributed by atoms with Crippen molar-refractivity contribution in [2.24, 2.45) is 16.2 Å². The lowest BCUT2D eigenvalue weighted by Crippen LogP contribution is -2.47. The van der Waals surface area contributed by atoms with E-state index in [4.69, 9.17) is 39.9 Å². The fraction of sp³-hybridized carbons (Fsp3) is 0.523. The summed E-state index contributed by atoms with van der Waals surface area (Å²) in [5, 5.41) is 22.7. The van der Waals surface area contributed by atoms with Crippen molar-refractivity contribution in [1.29, 1.82) is 0 Å². The Morgan fingerprint density at radius 2 is 0.931 bits per heavy atom. The van der Waals surface area contributed by atoms with Crippen molar-refractivity contribution in [3.05, 3.63) is 174 Å². The number of sulfonamides is 2. The van der Waals surface area contributed by atoms with Gasteiger partial charge in [-0.05, 0) is 200 Å². The first-order valence-electron chi connectivity index (χ1n) is 41.0. The SMILES string of the molecule is C#C.CC(C)(C)OC(=O)N1CCC2(CCNC2)CC1.CCN(CC)CC.CN(C)c1ccncc1.COc1ccc(COC[C@@H](OC(=O)Oc2c(F)c(F)c(F)c(F)c2F)C(F)(F)F)cc1.O=C(O)C(F)(F)F.O=C(O[C@H](CO)C(F)(F)F)N1CCC2(CC1)CCN(S(=O)(=O)c1ccccc1)C2.O=S(=O)(Cl)c1ccccc1.O=S(=O)(c1ccccc1)N1CCC2(CCNCC2)C1. The number of carbonyl (C=O) groups is 4. The quantitative estimate of drug-likeness (QED) is 0.00908. The van der Waals surface area contributed by atoms with Crippen LogP contribution in [0, 0.1) is 58.2 Å². The van der Waals surface area contributed by atoms with Gasteiger partial charge in [-0.2, -0.15) is 56.9 Å². The van der Waals surface area contributed by atoms with E-state index >= 15 is 0 Å². The van der Waals surface area contributed by atoms with Crippen LogP contribution in [-0.2, 0) is 59.4 Å². The molecule has 0 saturated carbocycles. The van der Waals surface area contributed by atoms with Gasteiger partial charge in [-0.3, -0.25) is 4.98 Å². The third-order valence-corrected chi connectivity index (χ3v) is 26.4. The van der Waals surface area contributed by atoms with Gasteiger partial charge < -0.3 is 68.9 Å². The molecular formula is C86H112ClF14N9O18S3. The van der Waals surface area contributed by atoms with Gasteiger partial charge in [-0.25, -0.2) is 57.6 Å². The third kappa shape index (κ3) is 36.8. The first-order chi connectivity index (χ1) is 61.2. The van der Waals surface area contributed by atoms with Gasteiger partial charge in [0.1, 0.15) is 11.4 Å². The number of nitrogens with one attached hydrogen (secondary N) is 2. The van der Waals surface area contributed by atoms with Gasteiger partial charge in [0.05, 0.1) is 41.6 Å². The summed E-state index contributed by atoms with van der Waals surface area (Å²) in [6.45, 7) is 21.3. The number of hydrogen-bond donors (Lipinski definition) is 4. The van der Waals surface area contributed by atoms with Crippen molar-refractivity contribution in [2.75, 3.05) is 137 Å². The van der Waals surface area contributed by atoms with Crippen LogP contribution in [0.3, 0.4) is 0 Å². The van der Waals surface area contributed by atoms with Crippen molar-refractivity contribution >= 4 is 69.8 Å². The number of likely N-dealkylation sites (tertiary alicyclic amines) is 2. The Bertz CT molecular complexity index is 4830. The van der Waals surface area contributed by atoms with Crippen molar-refractivity contribution in [3.63, 3.8) is 0 Å². The smallest absolute Gasteiger partial charge is 0.497 e. The van der Waals surface area contributed by atoms with Crippen LogP contribution in [0.1, 0.15) is 105 Å². The number of aromatic nitrogens is 1. The molecule has 12 rings (SSSR count). The zero-order valence-electron chi connectivity index (χ0n) is 73.6. The number of anilines is 1. The second-order valence-corrected chi connectivity index (χ2v) is 38.0. The molecule has 6 saturated heterocycles. The molecule has 732 valence electrons. The number of nitrogens with zero attached hydrogens (tertiary/aromatic N) is 7. The highest BCUT2D eigenvalue weighted by Gasteiger charge is 2.50. The minimum atomic E-state index is -5.20. The van der Waals surface area contributed by atoms with Crippen LogP contribution >= 0.6 is 10.7 Å². The lowest BCUT2D eigenvalue weighted by Gasteiger charge is -2.39. The molecule has 2 atom stereocenters. The number of aliphatic carboxylic acids is 1. The molecule has 0 aliphatic carbocycles. The Morgan fingerprint density at radius 3 is 1.28 bits per heavy atom. The normalized spacial score (nSPS) is 16.9. The number of carboxylic acids is 1. The van der Waals surface area contributed by atoms with Crippen LogP contribution in [0.25, 0.3) is 0 Å². The van der Waals surface area contributed by atoms with E-state index in [1.807, 2.05) is 62.9 Å². The number of methoxy groups -OCH3 is 1. The molecule has 2 amide bonds.